The van der Waals surface area contributed by atoms with Crippen molar-refractivity contribution >= 4 is 11.8 Å². The van der Waals surface area contributed by atoms with Gasteiger partial charge in [0.15, 0.2) is 0 Å². The second-order valence-electron chi connectivity index (χ2n) is 5.07. The summed E-state index contributed by atoms with van der Waals surface area (Å²) in [5.41, 5.74) is 5.37. The lowest BCUT2D eigenvalue weighted by Crippen LogP contribution is -2.43. The maximum atomic E-state index is 11.8. The van der Waals surface area contributed by atoms with Crippen LogP contribution in [0, 0.1) is 5.92 Å². The molecule has 118 valence electrons. The van der Waals surface area contributed by atoms with Crippen molar-refractivity contribution < 1.29 is 24.9 Å². The lowest BCUT2D eigenvalue weighted by molar-refractivity contribution is -0.143. The van der Waals surface area contributed by atoms with Gasteiger partial charge in [-0.05, 0) is 12.8 Å². The molecule has 0 aromatic carbocycles. The summed E-state index contributed by atoms with van der Waals surface area (Å²) in [6.07, 6.45) is 6.91. The monoisotopic (exact) mass is 289 g/mol. The van der Waals surface area contributed by atoms with Crippen molar-refractivity contribution in [3.63, 3.8) is 0 Å². The predicted octanol–water partition coefficient (Wildman–Crippen LogP) is 0.689. The number of aliphatic carboxylic acids is 1. The first kappa shape index (κ1) is 19.0. The number of unbranched alkanes of at least 4 members (excludes halogenated alkanes) is 6. The zero-order valence-electron chi connectivity index (χ0n) is 12.0. The summed E-state index contributed by atoms with van der Waals surface area (Å²) < 4.78 is 0. The van der Waals surface area contributed by atoms with E-state index in [0.29, 0.717) is 6.42 Å². The molecule has 0 heterocycles. The fourth-order valence-electron chi connectivity index (χ4n) is 2.07. The van der Waals surface area contributed by atoms with Crippen molar-refractivity contribution in [3.05, 3.63) is 0 Å². The van der Waals surface area contributed by atoms with Gasteiger partial charge in [0.05, 0.1) is 12.5 Å². The number of carboxylic acid groups (broad SMARTS) is 1. The number of carbonyl (C=O) groups is 2. The largest absolute Gasteiger partial charge is 0.480 e. The van der Waals surface area contributed by atoms with Crippen LogP contribution < -0.4 is 5.73 Å². The number of rotatable bonds is 13. The molecular formula is C14H27NO5. The first-order chi connectivity index (χ1) is 9.54. The van der Waals surface area contributed by atoms with E-state index >= 15 is 0 Å². The molecule has 1 unspecified atom stereocenters. The second-order valence-corrected chi connectivity index (χ2v) is 5.07. The van der Waals surface area contributed by atoms with Crippen LogP contribution in [0.3, 0.4) is 0 Å². The smallest absolute Gasteiger partial charge is 0.321 e. The Morgan fingerprint density at radius 2 is 1.40 bits per heavy atom. The van der Waals surface area contributed by atoms with E-state index in [-0.39, 0.29) is 18.8 Å². The summed E-state index contributed by atoms with van der Waals surface area (Å²) in [4.78, 5) is 22.5. The van der Waals surface area contributed by atoms with Crippen LogP contribution >= 0.6 is 0 Å². The van der Waals surface area contributed by atoms with Crippen molar-refractivity contribution in [2.45, 2.75) is 57.4 Å². The number of hydrogen-bond donors (Lipinski definition) is 4. The third kappa shape index (κ3) is 8.24. The quantitative estimate of drug-likeness (QED) is 0.370. The van der Waals surface area contributed by atoms with Gasteiger partial charge in [-0.25, -0.2) is 0 Å². The number of aliphatic hydroxyl groups excluding tert-OH is 2. The number of Topliss-reactive ketones (excluding diaryl/α,β-unsaturated/α-hetero) is 1. The van der Waals surface area contributed by atoms with Crippen molar-refractivity contribution in [3.8, 4) is 0 Å². The number of nitrogens with two attached hydrogens (primary N) is 1. The molecule has 0 aliphatic rings. The molecule has 0 aliphatic carbocycles. The third-order valence-electron chi connectivity index (χ3n) is 3.41. The fourth-order valence-corrected chi connectivity index (χ4v) is 2.07. The molecule has 0 amide bonds. The van der Waals surface area contributed by atoms with Gasteiger partial charge >= 0.3 is 5.97 Å². The number of hydrogen-bond acceptors (Lipinski definition) is 5. The van der Waals surface area contributed by atoms with Crippen LogP contribution in [0.25, 0.3) is 0 Å². The molecule has 5 N–H and O–H groups in total. The van der Waals surface area contributed by atoms with Gasteiger partial charge in [0.1, 0.15) is 11.8 Å². The maximum absolute atomic E-state index is 11.8. The topological polar surface area (TPSA) is 121 Å². The molecule has 0 aliphatic heterocycles. The van der Waals surface area contributed by atoms with Crippen molar-refractivity contribution in [1.82, 2.24) is 0 Å². The Morgan fingerprint density at radius 1 is 0.900 bits per heavy atom. The van der Waals surface area contributed by atoms with Gasteiger partial charge in [0.25, 0.3) is 0 Å². The number of aliphatic hydroxyl groups is 2. The molecule has 0 aromatic heterocycles. The molecule has 0 saturated heterocycles. The minimum atomic E-state index is -1.33. The molecule has 0 rings (SSSR count). The number of carbonyl (C=O) groups excluding carboxylic acids is 1. The second kappa shape index (κ2) is 11.8. The van der Waals surface area contributed by atoms with Crippen LogP contribution in [0.2, 0.25) is 0 Å². The molecule has 0 bridgehead atoms. The Labute approximate surface area is 120 Å². The van der Waals surface area contributed by atoms with Crippen LogP contribution in [0.4, 0.5) is 0 Å². The van der Waals surface area contributed by atoms with E-state index in [2.05, 4.69) is 0 Å². The van der Waals surface area contributed by atoms with Crippen LogP contribution in [0.5, 0.6) is 0 Å². The minimum Gasteiger partial charge on any atom is -0.480 e. The number of ketones is 1. The molecule has 6 heteroatoms. The van der Waals surface area contributed by atoms with Crippen molar-refractivity contribution in [2.75, 3.05) is 13.2 Å². The summed E-state index contributed by atoms with van der Waals surface area (Å²) in [5, 5.41) is 26.4. The highest BCUT2D eigenvalue weighted by Gasteiger charge is 2.29. The van der Waals surface area contributed by atoms with E-state index in [1.807, 2.05) is 0 Å². The summed E-state index contributed by atoms with van der Waals surface area (Å²) >= 11 is 0. The summed E-state index contributed by atoms with van der Waals surface area (Å²) in [6.45, 7) is -0.283. The normalized spacial score (nSPS) is 13.9. The first-order valence-corrected chi connectivity index (χ1v) is 7.27. The third-order valence-corrected chi connectivity index (χ3v) is 3.41. The molecule has 6 nitrogen and oxygen atoms in total. The van der Waals surface area contributed by atoms with E-state index in [1.54, 1.807) is 0 Å². The van der Waals surface area contributed by atoms with Crippen LogP contribution in [0.15, 0.2) is 0 Å². The SMILES string of the molecule is N[C@H](C(=O)O)C(CO)C(=O)CCCCCCCCCO. The highest BCUT2D eigenvalue weighted by Crippen LogP contribution is 2.12. The van der Waals surface area contributed by atoms with Crippen molar-refractivity contribution in [2.24, 2.45) is 11.7 Å². The van der Waals surface area contributed by atoms with E-state index in [0.717, 1.165) is 38.5 Å². The molecule has 0 saturated carbocycles. The maximum Gasteiger partial charge on any atom is 0.321 e. The number of carboxylic acids is 1. The lowest BCUT2D eigenvalue weighted by atomic mass is 9.93. The first-order valence-electron chi connectivity index (χ1n) is 7.27. The average Bonchev–Trinajstić information content (AvgIpc) is 2.42. The van der Waals surface area contributed by atoms with Gasteiger partial charge in [0.2, 0.25) is 0 Å². The average molecular weight is 289 g/mol. The van der Waals surface area contributed by atoms with Crippen LogP contribution in [-0.4, -0.2) is 46.3 Å². The Morgan fingerprint density at radius 3 is 1.85 bits per heavy atom. The molecular weight excluding hydrogens is 262 g/mol. The van der Waals surface area contributed by atoms with E-state index < -0.39 is 24.5 Å². The summed E-state index contributed by atoms with van der Waals surface area (Å²) in [7, 11) is 0. The Balaban J connectivity index is 3.73. The standard InChI is InChI=1S/C14H27NO5/c15-13(14(19)20)11(10-17)12(18)8-6-4-2-1-3-5-7-9-16/h11,13,16-17H,1-10,15H2,(H,19,20)/t11?,13-/m0/s1. The van der Waals surface area contributed by atoms with E-state index in [1.165, 1.54) is 0 Å². The molecule has 0 spiro atoms. The lowest BCUT2D eigenvalue weighted by Gasteiger charge is -2.16. The predicted molar refractivity (Wildman–Crippen MR) is 75.2 cm³/mol. The highest BCUT2D eigenvalue weighted by atomic mass is 16.4. The zero-order valence-corrected chi connectivity index (χ0v) is 12.0. The Kier molecular flexibility index (Phi) is 11.2. The van der Waals surface area contributed by atoms with Crippen LogP contribution in [0.1, 0.15) is 51.4 Å². The fraction of sp³-hybridized carbons (Fsp3) is 0.857. The van der Waals surface area contributed by atoms with Gasteiger partial charge in [0, 0.05) is 13.0 Å². The molecule has 20 heavy (non-hydrogen) atoms. The molecule has 2 atom stereocenters. The van der Waals surface area contributed by atoms with Crippen LogP contribution in [-0.2, 0) is 9.59 Å². The molecule has 0 radical (unpaired) electrons. The van der Waals surface area contributed by atoms with Gasteiger partial charge < -0.3 is 21.1 Å². The van der Waals surface area contributed by atoms with E-state index in [9.17, 15) is 9.59 Å². The molecule has 0 aromatic rings. The van der Waals surface area contributed by atoms with E-state index in [4.69, 9.17) is 21.1 Å². The minimum absolute atomic E-state index is 0.237. The van der Waals surface area contributed by atoms with Crippen molar-refractivity contribution in [1.29, 1.82) is 0 Å². The van der Waals surface area contributed by atoms with Gasteiger partial charge in [-0.15, -0.1) is 0 Å². The van der Waals surface area contributed by atoms with Gasteiger partial charge in [-0.1, -0.05) is 32.1 Å². The summed E-state index contributed by atoms with van der Waals surface area (Å²) in [5.74, 6) is -2.54. The zero-order chi connectivity index (χ0) is 15.4. The highest BCUT2D eigenvalue weighted by molar-refractivity contribution is 5.88. The van der Waals surface area contributed by atoms with Gasteiger partial charge in [-0.3, -0.25) is 9.59 Å². The molecule has 0 fully saturated rings. The Bertz CT molecular complexity index is 283. The summed E-state index contributed by atoms with van der Waals surface area (Å²) in [6, 6.07) is -1.33. The van der Waals surface area contributed by atoms with Gasteiger partial charge in [-0.2, -0.15) is 0 Å². The Hall–Kier alpha value is -0.980.